The van der Waals surface area contributed by atoms with Crippen molar-refractivity contribution in [1.82, 2.24) is 4.90 Å². The first-order valence-electron chi connectivity index (χ1n) is 8.75. The molecule has 1 saturated heterocycles. The number of halogens is 1. The fraction of sp³-hybridized carbons (Fsp3) is 0.0476. The molecule has 3 aromatic rings. The quantitative estimate of drug-likeness (QED) is 0.285. The van der Waals surface area contributed by atoms with E-state index in [4.69, 9.17) is 16.0 Å². The number of carbonyl (C=O) groups excluding carboxylic acids is 2. The average molecular weight is 441 g/mol. The summed E-state index contributed by atoms with van der Waals surface area (Å²) in [7, 11) is 0. The number of imide groups is 1. The number of amides is 2. The smallest absolute Gasteiger partial charge is 0.293 e. The molecule has 0 aliphatic carbocycles. The van der Waals surface area contributed by atoms with Gasteiger partial charge in [-0.1, -0.05) is 23.7 Å². The first-order valence-corrected chi connectivity index (χ1v) is 9.94. The van der Waals surface area contributed by atoms with Gasteiger partial charge < -0.3 is 4.42 Å². The third-order valence-electron chi connectivity index (χ3n) is 4.39. The van der Waals surface area contributed by atoms with Crippen molar-refractivity contribution in [2.45, 2.75) is 6.54 Å². The molecule has 30 heavy (non-hydrogen) atoms. The van der Waals surface area contributed by atoms with E-state index in [1.165, 1.54) is 30.3 Å². The molecule has 1 aromatic heterocycles. The Labute approximate surface area is 180 Å². The highest BCUT2D eigenvalue weighted by molar-refractivity contribution is 8.18. The number of benzene rings is 2. The van der Waals surface area contributed by atoms with Gasteiger partial charge in [0.05, 0.1) is 16.4 Å². The van der Waals surface area contributed by atoms with Crippen LogP contribution >= 0.6 is 23.4 Å². The van der Waals surface area contributed by atoms with Crippen LogP contribution in [0.2, 0.25) is 5.02 Å². The number of non-ortho nitro benzene ring substituents is 1. The van der Waals surface area contributed by atoms with Gasteiger partial charge in [0.25, 0.3) is 16.8 Å². The Kier molecular flexibility index (Phi) is 5.43. The lowest BCUT2D eigenvalue weighted by molar-refractivity contribution is -0.384. The van der Waals surface area contributed by atoms with Crippen molar-refractivity contribution in [3.8, 4) is 11.3 Å². The van der Waals surface area contributed by atoms with Gasteiger partial charge >= 0.3 is 0 Å². The lowest BCUT2D eigenvalue weighted by Gasteiger charge is -2.12. The third-order valence-corrected chi connectivity index (χ3v) is 5.55. The molecule has 2 aromatic carbocycles. The van der Waals surface area contributed by atoms with E-state index >= 15 is 0 Å². The van der Waals surface area contributed by atoms with Gasteiger partial charge in [0, 0.05) is 28.8 Å². The number of nitro benzene ring substituents is 1. The molecule has 0 bridgehead atoms. The highest BCUT2D eigenvalue weighted by Crippen LogP contribution is 2.34. The van der Waals surface area contributed by atoms with Gasteiger partial charge in [-0.25, -0.2) is 0 Å². The summed E-state index contributed by atoms with van der Waals surface area (Å²) in [6, 6.07) is 16.4. The van der Waals surface area contributed by atoms with Gasteiger partial charge in [0.1, 0.15) is 11.5 Å². The zero-order valence-electron chi connectivity index (χ0n) is 15.3. The van der Waals surface area contributed by atoms with Crippen LogP contribution in [0.15, 0.2) is 70.0 Å². The van der Waals surface area contributed by atoms with Gasteiger partial charge in [-0.3, -0.25) is 24.6 Å². The van der Waals surface area contributed by atoms with Crippen molar-refractivity contribution in [2.24, 2.45) is 0 Å². The number of nitro groups is 1. The van der Waals surface area contributed by atoms with Gasteiger partial charge in [-0.15, -0.1) is 0 Å². The molecule has 0 spiro atoms. The molecule has 150 valence electrons. The van der Waals surface area contributed by atoms with Crippen LogP contribution in [0.3, 0.4) is 0 Å². The standard InChI is InChI=1S/C21H13ClN2O5S/c22-15-5-3-14(4-6-15)18-10-9-17(29-18)11-19-20(25)23(21(26)30-19)12-13-1-7-16(8-2-13)24(27)28/h1-11H,12H2. The van der Waals surface area contributed by atoms with Crippen molar-refractivity contribution in [2.75, 3.05) is 0 Å². The Morgan fingerprint density at radius 1 is 1.03 bits per heavy atom. The summed E-state index contributed by atoms with van der Waals surface area (Å²) in [6.45, 7) is 0.0359. The third kappa shape index (κ3) is 4.14. The van der Waals surface area contributed by atoms with E-state index in [9.17, 15) is 19.7 Å². The molecule has 4 rings (SSSR count). The molecule has 1 aliphatic rings. The molecule has 0 N–H and O–H groups in total. The summed E-state index contributed by atoms with van der Waals surface area (Å²) in [5.41, 5.74) is 1.40. The Hall–Kier alpha value is -3.36. The van der Waals surface area contributed by atoms with Crippen molar-refractivity contribution in [3.63, 3.8) is 0 Å². The lowest BCUT2D eigenvalue weighted by atomic mass is 10.2. The molecule has 2 amide bonds. The molecule has 1 aliphatic heterocycles. The van der Waals surface area contributed by atoms with Crippen molar-refractivity contribution >= 4 is 46.3 Å². The van der Waals surface area contributed by atoms with Crippen LogP contribution in [-0.4, -0.2) is 21.0 Å². The van der Waals surface area contributed by atoms with Crippen LogP contribution in [0.5, 0.6) is 0 Å². The molecular formula is C21H13ClN2O5S. The summed E-state index contributed by atoms with van der Waals surface area (Å²) < 4.78 is 5.77. The average Bonchev–Trinajstić information content (AvgIpc) is 3.29. The Morgan fingerprint density at radius 2 is 1.73 bits per heavy atom. The summed E-state index contributed by atoms with van der Waals surface area (Å²) in [4.78, 5) is 36.6. The minimum absolute atomic E-state index is 0.0359. The maximum atomic E-state index is 12.7. The fourth-order valence-corrected chi connectivity index (χ4v) is 3.82. The highest BCUT2D eigenvalue weighted by Gasteiger charge is 2.35. The van der Waals surface area contributed by atoms with Crippen molar-refractivity contribution in [3.05, 3.63) is 92.0 Å². The summed E-state index contributed by atoms with van der Waals surface area (Å²) >= 11 is 6.72. The predicted octanol–water partition coefficient (Wildman–Crippen LogP) is 5.74. The molecule has 0 atom stereocenters. The lowest BCUT2D eigenvalue weighted by Crippen LogP contribution is -2.27. The number of thioether (sulfide) groups is 1. The van der Waals surface area contributed by atoms with E-state index in [0.29, 0.717) is 22.1 Å². The monoisotopic (exact) mass is 440 g/mol. The second kappa shape index (κ2) is 8.17. The van der Waals surface area contributed by atoms with Crippen LogP contribution in [-0.2, 0) is 11.3 Å². The summed E-state index contributed by atoms with van der Waals surface area (Å²) in [5, 5.41) is 11.0. The van der Waals surface area contributed by atoms with Gasteiger partial charge in [-0.2, -0.15) is 0 Å². The van der Waals surface area contributed by atoms with Crippen LogP contribution in [0, 0.1) is 10.1 Å². The number of carbonyl (C=O) groups is 2. The first kappa shape index (κ1) is 19.9. The molecule has 7 nitrogen and oxygen atoms in total. The Morgan fingerprint density at radius 3 is 2.40 bits per heavy atom. The van der Waals surface area contributed by atoms with Gasteiger partial charge in [0.15, 0.2) is 0 Å². The van der Waals surface area contributed by atoms with E-state index in [0.717, 1.165) is 22.2 Å². The molecule has 0 radical (unpaired) electrons. The fourth-order valence-electron chi connectivity index (χ4n) is 2.87. The van der Waals surface area contributed by atoms with E-state index in [-0.39, 0.29) is 17.1 Å². The minimum atomic E-state index is -0.506. The topological polar surface area (TPSA) is 93.7 Å². The van der Waals surface area contributed by atoms with E-state index < -0.39 is 16.1 Å². The molecule has 0 saturated carbocycles. The van der Waals surface area contributed by atoms with Gasteiger partial charge in [-0.05, 0) is 53.7 Å². The largest absolute Gasteiger partial charge is 0.457 e. The molecule has 2 heterocycles. The zero-order valence-corrected chi connectivity index (χ0v) is 16.9. The normalized spacial score (nSPS) is 15.2. The summed E-state index contributed by atoms with van der Waals surface area (Å²) in [6.07, 6.45) is 1.53. The Balaban J connectivity index is 1.50. The maximum Gasteiger partial charge on any atom is 0.293 e. The second-order valence-corrected chi connectivity index (χ2v) is 7.83. The second-order valence-electron chi connectivity index (χ2n) is 6.40. The molecular weight excluding hydrogens is 428 g/mol. The van der Waals surface area contributed by atoms with Crippen molar-refractivity contribution < 1.29 is 18.9 Å². The highest BCUT2D eigenvalue weighted by atomic mass is 35.5. The number of hydrogen-bond acceptors (Lipinski definition) is 6. The molecule has 1 fully saturated rings. The zero-order chi connectivity index (χ0) is 21.3. The predicted molar refractivity (Wildman–Crippen MR) is 114 cm³/mol. The van der Waals surface area contributed by atoms with Crippen LogP contribution < -0.4 is 0 Å². The number of furan rings is 1. The number of nitrogens with zero attached hydrogens (tertiary/aromatic N) is 2. The number of hydrogen-bond donors (Lipinski definition) is 0. The van der Waals surface area contributed by atoms with Crippen LogP contribution in [0.25, 0.3) is 17.4 Å². The first-order chi connectivity index (χ1) is 14.4. The minimum Gasteiger partial charge on any atom is -0.457 e. The summed E-state index contributed by atoms with van der Waals surface area (Å²) in [5.74, 6) is 0.622. The van der Waals surface area contributed by atoms with Crippen LogP contribution in [0.1, 0.15) is 11.3 Å². The molecule has 9 heteroatoms. The SMILES string of the molecule is O=C1SC(=Cc2ccc(-c3ccc(Cl)cc3)o2)C(=O)N1Cc1ccc([N+](=O)[O-])cc1. The number of rotatable bonds is 5. The molecule has 0 unspecified atom stereocenters. The maximum absolute atomic E-state index is 12.7. The van der Waals surface area contributed by atoms with E-state index in [2.05, 4.69) is 0 Å². The van der Waals surface area contributed by atoms with E-state index in [1.54, 1.807) is 24.3 Å². The Bertz CT molecular complexity index is 1170. The van der Waals surface area contributed by atoms with Crippen LogP contribution in [0.4, 0.5) is 10.5 Å². The van der Waals surface area contributed by atoms with Gasteiger partial charge in [0.2, 0.25) is 0 Å². The van der Waals surface area contributed by atoms with E-state index in [1.807, 2.05) is 12.1 Å². The van der Waals surface area contributed by atoms with Crippen molar-refractivity contribution in [1.29, 1.82) is 0 Å².